The van der Waals surface area contributed by atoms with Crippen molar-refractivity contribution in [3.63, 3.8) is 0 Å². The quantitative estimate of drug-likeness (QED) is 0.328. The first kappa shape index (κ1) is 20.4. The molecule has 5 rings (SSSR count). The first-order valence-electron chi connectivity index (χ1n) is 12.1. The molecule has 0 N–H and O–H groups in total. The first-order valence-corrected chi connectivity index (χ1v) is 11.6. The van der Waals surface area contributed by atoms with E-state index < -0.39 is 5.89 Å². The SMILES string of the molecule is [2H]C1(c2c(C#N)ccc3c2oc2c(-c4ncc(C(C)(C)C)nn4)cccc23)CCC(C)(C)CC1. The van der Waals surface area contributed by atoms with Gasteiger partial charge in [0.25, 0.3) is 0 Å². The Morgan fingerprint density at radius 3 is 2.42 bits per heavy atom. The molecular weight excluding hydrogens is 408 g/mol. The van der Waals surface area contributed by atoms with Crippen molar-refractivity contribution in [2.24, 2.45) is 5.41 Å². The van der Waals surface area contributed by atoms with Gasteiger partial charge in [0.15, 0.2) is 5.82 Å². The van der Waals surface area contributed by atoms with Crippen LogP contribution >= 0.6 is 0 Å². The van der Waals surface area contributed by atoms with Crippen LogP contribution in [0.4, 0.5) is 0 Å². The number of benzene rings is 2. The molecule has 1 aliphatic carbocycles. The van der Waals surface area contributed by atoms with E-state index in [1.54, 1.807) is 6.20 Å². The molecule has 1 saturated carbocycles. The normalized spacial score (nSPS) is 18.2. The van der Waals surface area contributed by atoms with E-state index in [0.29, 0.717) is 41.0 Å². The minimum Gasteiger partial charge on any atom is -0.455 e. The summed E-state index contributed by atoms with van der Waals surface area (Å²) in [6, 6.07) is 12.0. The molecule has 4 aromatic rings. The predicted molar refractivity (Wildman–Crippen MR) is 131 cm³/mol. The molecule has 0 aliphatic heterocycles. The van der Waals surface area contributed by atoms with Crippen molar-refractivity contribution in [1.29, 1.82) is 5.26 Å². The highest BCUT2D eigenvalue weighted by atomic mass is 16.3. The van der Waals surface area contributed by atoms with Gasteiger partial charge in [-0.05, 0) is 55.2 Å². The summed E-state index contributed by atoms with van der Waals surface area (Å²) in [6.07, 6.45) is 5.08. The molecule has 0 spiro atoms. The number of hydrogen-bond acceptors (Lipinski definition) is 5. The lowest BCUT2D eigenvalue weighted by atomic mass is 9.70. The number of rotatable bonds is 2. The van der Waals surface area contributed by atoms with Crippen LogP contribution in [0.3, 0.4) is 0 Å². The van der Waals surface area contributed by atoms with Crippen molar-refractivity contribution in [2.45, 2.75) is 71.6 Å². The van der Waals surface area contributed by atoms with Crippen LogP contribution in [-0.2, 0) is 5.41 Å². The Kier molecular flexibility index (Phi) is 4.72. The van der Waals surface area contributed by atoms with Gasteiger partial charge in [0.1, 0.15) is 11.2 Å². The van der Waals surface area contributed by atoms with Gasteiger partial charge in [0, 0.05) is 23.1 Å². The van der Waals surface area contributed by atoms with E-state index in [4.69, 9.17) is 4.42 Å². The fourth-order valence-electron chi connectivity index (χ4n) is 4.70. The summed E-state index contributed by atoms with van der Waals surface area (Å²) < 4.78 is 15.9. The molecule has 2 aromatic carbocycles. The van der Waals surface area contributed by atoms with E-state index in [1.165, 1.54) is 0 Å². The fraction of sp³-hybridized carbons (Fsp3) is 0.429. The number of fused-ring (bicyclic) bond motifs is 3. The van der Waals surface area contributed by atoms with Crippen LogP contribution in [0, 0.1) is 16.7 Å². The van der Waals surface area contributed by atoms with Crippen LogP contribution in [0.1, 0.15) is 84.4 Å². The van der Waals surface area contributed by atoms with Gasteiger partial charge in [-0.2, -0.15) is 10.4 Å². The van der Waals surface area contributed by atoms with Gasteiger partial charge in [-0.3, -0.25) is 0 Å². The second-order valence-electron chi connectivity index (χ2n) is 10.9. The topological polar surface area (TPSA) is 75.6 Å². The number of nitriles is 1. The monoisotopic (exact) mass is 439 g/mol. The molecule has 168 valence electrons. The Labute approximate surface area is 196 Å². The van der Waals surface area contributed by atoms with Crippen molar-refractivity contribution >= 4 is 21.9 Å². The smallest absolute Gasteiger partial charge is 0.185 e. The summed E-state index contributed by atoms with van der Waals surface area (Å²) in [5, 5.41) is 20.6. The molecule has 33 heavy (non-hydrogen) atoms. The van der Waals surface area contributed by atoms with Gasteiger partial charge in [-0.25, -0.2) is 4.98 Å². The molecule has 0 saturated heterocycles. The molecule has 2 aromatic heterocycles. The zero-order chi connectivity index (χ0) is 24.3. The van der Waals surface area contributed by atoms with Gasteiger partial charge in [0.05, 0.1) is 29.1 Å². The van der Waals surface area contributed by atoms with E-state index in [9.17, 15) is 6.63 Å². The van der Waals surface area contributed by atoms with Gasteiger partial charge in [0.2, 0.25) is 0 Å². The van der Waals surface area contributed by atoms with Crippen LogP contribution in [-0.4, -0.2) is 15.2 Å². The molecule has 0 amide bonds. The van der Waals surface area contributed by atoms with E-state index >= 15 is 0 Å². The van der Waals surface area contributed by atoms with Gasteiger partial charge >= 0.3 is 0 Å². The molecule has 1 aliphatic rings. The zero-order valence-corrected chi connectivity index (χ0v) is 20.0. The van der Waals surface area contributed by atoms with Crippen molar-refractivity contribution in [3.8, 4) is 17.5 Å². The molecule has 1 fully saturated rings. The summed E-state index contributed by atoms with van der Waals surface area (Å²) in [7, 11) is 0. The molecule has 0 bridgehead atoms. The number of hydrogen-bond donors (Lipinski definition) is 0. The first-order chi connectivity index (χ1) is 16.0. The van der Waals surface area contributed by atoms with Crippen LogP contribution in [0.5, 0.6) is 0 Å². The van der Waals surface area contributed by atoms with Crippen molar-refractivity contribution in [2.75, 3.05) is 0 Å². The third-order valence-electron chi connectivity index (χ3n) is 6.92. The highest BCUT2D eigenvalue weighted by Gasteiger charge is 2.31. The van der Waals surface area contributed by atoms with Crippen molar-refractivity contribution in [1.82, 2.24) is 15.2 Å². The minimum absolute atomic E-state index is 0.135. The number of furan rings is 1. The number of para-hydroxylation sites is 1. The largest absolute Gasteiger partial charge is 0.455 e. The summed E-state index contributed by atoms with van der Waals surface area (Å²) in [6.45, 7) is 10.7. The molecule has 0 unspecified atom stereocenters. The van der Waals surface area contributed by atoms with Gasteiger partial charge < -0.3 is 4.42 Å². The highest BCUT2D eigenvalue weighted by Crippen LogP contribution is 2.47. The van der Waals surface area contributed by atoms with Crippen molar-refractivity contribution < 1.29 is 5.79 Å². The standard InChI is InChI=1S/C28H30N4O/c1-27(2,3)22-16-30-26(32-31-22)21-8-6-7-19-20-10-9-18(15-29)23(25(20)33-24(19)21)17-11-13-28(4,5)14-12-17/h6-10,16-17H,11-14H2,1-5H3/i17D. The Bertz CT molecular complexity index is 1430. The third kappa shape index (κ3) is 3.78. The Hall–Kier alpha value is -3.26. The summed E-state index contributed by atoms with van der Waals surface area (Å²) >= 11 is 0. The average molecular weight is 440 g/mol. The molecule has 5 heteroatoms. The Balaban J connectivity index is 1.71. The summed E-state index contributed by atoms with van der Waals surface area (Å²) in [5.74, 6) is -0.347. The summed E-state index contributed by atoms with van der Waals surface area (Å²) in [5.41, 5.74) is 4.21. The number of nitrogens with zero attached hydrogens (tertiary/aromatic N) is 4. The highest BCUT2D eigenvalue weighted by molar-refractivity contribution is 6.10. The Morgan fingerprint density at radius 1 is 1.06 bits per heavy atom. The van der Waals surface area contributed by atoms with Crippen LogP contribution < -0.4 is 0 Å². The average Bonchev–Trinajstić information content (AvgIpc) is 3.19. The minimum atomic E-state index is -0.847. The second kappa shape index (κ2) is 7.66. The maximum Gasteiger partial charge on any atom is 0.185 e. The van der Waals surface area contributed by atoms with Crippen LogP contribution in [0.2, 0.25) is 0 Å². The maximum absolute atomic E-state index is 9.92. The Morgan fingerprint density at radius 2 is 1.79 bits per heavy atom. The van der Waals surface area contributed by atoms with Crippen LogP contribution in [0.25, 0.3) is 33.3 Å². The lowest BCUT2D eigenvalue weighted by Crippen LogP contribution is -2.20. The molecule has 5 nitrogen and oxygen atoms in total. The predicted octanol–water partition coefficient (Wildman–Crippen LogP) is 7.29. The third-order valence-corrected chi connectivity index (χ3v) is 6.92. The van der Waals surface area contributed by atoms with Gasteiger partial charge in [-0.1, -0.05) is 46.8 Å². The van der Waals surface area contributed by atoms with E-state index in [1.807, 2.05) is 30.3 Å². The van der Waals surface area contributed by atoms with Gasteiger partial charge in [-0.15, -0.1) is 5.10 Å². The molecule has 0 radical (unpaired) electrons. The lowest BCUT2D eigenvalue weighted by molar-refractivity contribution is 0.224. The zero-order valence-electron chi connectivity index (χ0n) is 21.0. The molecular formula is C28H30N4O. The van der Waals surface area contributed by atoms with Crippen molar-refractivity contribution in [3.05, 3.63) is 53.3 Å². The van der Waals surface area contributed by atoms with E-state index in [0.717, 1.165) is 34.9 Å². The second-order valence-corrected chi connectivity index (χ2v) is 10.9. The lowest BCUT2D eigenvalue weighted by Gasteiger charge is -2.34. The molecule has 0 atom stereocenters. The van der Waals surface area contributed by atoms with Crippen LogP contribution in [0.15, 0.2) is 40.9 Å². The molecule has 2 heterocycles. The fourth-order valence-corrected chi connectivity index (χ4v) is 4.70. The van der Waals surface area contributed by atoms with E-state index in [-0.39, 0.29) is 10.8 Å². The van der Waals surface area contributed by atoms with E-state index in [2.05, 4.69) is 55.9 Å². The summed E-state index contributed by atoms with van der Waals surface area (Å²) in [4.78, 5) is 4.59. The number of aromatic nitrogens is 3. The maximum atomic E-state index is 9.92.